The van der Waals surface area contributed by atoms with E-state index in [1.54, 1.807) is 14.0 Å². The maximum atomic E-state index is 13.3. The molecule has 0 aliphatic carbocycles. The molecule has 0 aromatic heterocycles. The van der Waals surface area contributed by atoms with Crippen molar-refractivity contribution in [1.29, 1.82) is 0 Å². The number of aliphatic hydroxyl groups excluding tert-OH is 1. The quantitative estimate of drug-likeness (QED) is 0.873. The van der Waals surface area contributed by atoms with Gasteiger partial charge in [-0.2, -0.15) is 0 Å². The van der Waals surface area contributed by atoms with E-state index in [1.807, 2.05) is 18.2 Å². The lowest BCUT2D eigenvalue weighted by Gasteiger charge is -2.14. The van der Waals surface area contributed by atoms with Crippen LogP contribution in [0.3, 0.4) is 0 Å². The first-order valence-corrected chi connectivity index (χ1v) is 7.23. The molecule has 0 unspecified atom stereocenters. The maximum Gasteiger partial charge on any atom is 0.128 e. The van der Waals surface area contributed by atoms with E-state index >= 15 is 0 Å². The number of hydrogen-bond donors (Lipinski definition) is 1. The van der Waals surface area contributed by atoms with Crippen LogP contribution >= 0.6 is 15.9 Å². The monoisotopic (exact) mass is 354 g/mol. The van der Waals surface area contributed by atoms with Gasteiger partial charge in [-0.25, -0.2) is 4.39 Å². The fourth-order valence-electron chi connectivity index (χ4n) is 1.92. The highest BCUT2D eigenvalue weighted by Gasteiger charge is 2.11. The van der Waals surface area contributed by atoms with Crippen molar-refractivity contribution >= 4 is 15.9 Å². The summed E-state index contributed by atoms with van der Waals surface area (Å²) in [4.78, 5) is 0. The van der Waals surface area contributed by atoms with Crippen LogP contribution in [-0.4, -0.2) is 12.2 Å². The molecule has 0 heterocycles. The summed E-state index contributed by atoms with van der Waals surface area (Å²) in [5.41, 5.74) is 1.42. The van der Waals surface area contributed by atoms with Gasteiger partial charge in [0.25, 0.3) is 0 Å². The first-order valence-electron chi connectivity index (χ1n) is 6.44. The Labute approximate surface area is 131 Å². The van der Waals surface area contributed by atoms with Gasteiger partial charge in [-0.1, -0.05) is 15.9 Å². The summed E-state index contributed by atoms with van der Waals surface area (Å²) in [5, 5.41) is 9.70. The summed E-state index contributed by atoms with van der Waals surface area (Å²) >= 11 is 3.44. The summed E-state index contributed by atoms with van der Waals surface area (Å²) < 4.78 is 25.0. The predicted octanol–water partition coefficient (Wildman–Crippen LogP) is 4.23. The molecule has 112 valence electrons. The van der Waals surface area contributed by atoms with E-state index in [9.17, 15) is 9.50 Å². The van der Waals surface area contributed by atoms with Gasteiger partial charge in [0.2, 0.25) is 0 Å². The van der Waals surface area contributed by atoms with Crippen LogP contribution in [0.25, 0.3) is 0 Å². The van der Waals surface area contributed by atoms with Crippen molar-refractivity contribution in [3.05, 3.63) is 57.8 Å². The number of aliphatic hydroxyl groups is 1. The van der Waals surface area contributed by atoms with Crippen molar-refractivity contribution < 1.29 is 19.0 Å². The summed E-state index contributed by atoms with van der Waals surface area (Å²) in [6.07, 6.45) is -0.727. The number of ether oxygens (including phenoxy) is 2. The smallest absolute Gasteiger partial charge is 0.128 e. The van der Waals surface area contributed by atoms with E-state index in [-0.39, 0.29) is 6.61 Å². The zero-order valence-corrected chi connectivity index (χ0v) is 13.4. The predicted molar refractivity (Wildman–Crippen MR) is 82.1 cm³/mol. The zero-order chi connectivity index (χ0) is 15.4. The highest BCUT2D eigenvalue weighted by atomic mass is 79.9. The van der Waals surface area contributed by atoms with Gasteiger partial charge in [-0.15, -0.1) is 0 Å². The zero-order valence-electron chi connectivity index (χ0n) is 11.8. The Morgan fingerprint density at radius 3 is 2.67 bits per heavy atom. The molecule has 0 spiro atoms. The summed E-state index contributed by atoms with van der Waals surface area (Å²) in [7, 11) is 1.59. The first-order chi connectivity index (χ1) is 10.0. The molecule has 1 atom stereocenters. The largest absolute Gasteiger partial charge is 0.497 e. The van der Waals surface area contributed by atoms with Crippen LogP contribution in [0.4, 0.5) is 4.39 Å². The number of hydrogen-bond acceptors (Lipinski definition) is 3. The molecule has 2 rings (SSSR count). The van der Waals surface area contributed by atoms with E-state index in [0.29, 0.717) is 17.1 Å². The number of benzene rings is 2. The minimum atomic E-state index is -0.727. The van der Waals surface area contributed by atoms with Gasteiger partial charge in [0, 0.05) is 21.7 Å². The van der Waals surface area contributed by atoms with E-state index in [4.69, 9.17) is 9.47 Å². The molecule has 0 radical (unpaired) electrons. The molecule has 2 aromatic rings. The summed E-state index contributed by atoms with van der Waals surface area (Å²) in [6, 6.07) is 9.63. The Bertz CT molecular complexity index is 629. The molecule has 0 saturated carbocycles. The molecule has 0 aliphatic rings. The van der Waals surface area contributed by atoms with Crippen LogP contribution in [0.15, 0.2) is 40.9 Å². The van der Waals surface area contributed by atoms with Gasteiger partial charge in [0.15, 0.2) is 0 Å². The van der Waals surface area contributed by atoms with Gasteiger partial charge in [-0.3, -0.25) is 0 Å². The van der Waals surface area contributed by atoms with Crippen molar-refractivity contribution in [1.82, 2.24) is 0 Å². The second-order valence-corrected chi connectivity index (χ2v) is 5.46. The Morgan fingerprint density at radius 1 is 1.24 bits per heavy atom. The molecule has 21 heavy (non-hydrogen) atoms. The lowest BCUT2D eigenvalue weighted by Crippen LogP contribution is -2.02. The van der Waals surface area contributed by atoms with Gasteiger partial charge in [0.05, 0.1) is 13.2 Å². The van der Waals surface area contributed by atoms with Crippen molar-refractivity contribution in [3.8, 4) is 11.5 Å². The van der Waals surface area contributed by atoms with Gasteiger partial charge in [-0.05, 0) is 37.3 Å². The Hall–Kier alpha value is -1.59. The van der Waals surface area contributed by atoms with E-state index in [2.05, 4.69) is 15.9 Å². The van der Waals surface area contributed by atoms with Crippen LogP contribution < -0.4 is 9.47 Å². The average Bonchev–Trinajstić information content (AvgIpc) is 2.46. The topological polar surface area (TPSA) is 38.7 Å². The summed E-state index contributed by atoms with van der Waals surface area (Å²) in [6.45, 7) is 1.85. The molecule has 0 fully saturated rings. The fraction of sp³-hybridized carbons (Fsp3) is 0.250. The molecular formula is C16H16BrFO3. The number of methoxy groups -OCH3 is 1. The van der Waals surface area contributed by atoms with Crippen LogP contribution in [0.2, 0.25) is 0 Å². The van der Waals surface area contributed by atoms with Gasteiger partial charge >= 0.3 is 0 Å². The standard InChI is InChI=1S/C16H16BrFO3/c1-10(19)14-5-3-12(18)8-16(14)21-9-11-7-13(20-2)4-6-15(11)17/h3-8,10,19H,9H2,1-2H3/t10-/m1/s1. The highest BCUT2D eigenvalue weighted by Crippen LogP contribution is 2.29. The van der Waals surface area contributed by atoms with Gasteiger partial charge < -0.3 is 14.6 Å². The second kappa shape index (κ2) is 6.91. The van der Waals surface area contributed by atoms with E-state index in [0.717, 1.165) is 10.0 Å². The lowest BCUT2D eigenvalue weighted by atomic mass is 10.1. The van der Waals surface area contributed by atoms with Gasteiger partial charge in [0.1, 0.15) is 23.9 Å². The van der Waals surface area contributed by atoms with Crippen LogP contribution in [0.5, 0.6) is 11.5 Å². The first kappa shape index (κ1) is 15.8. The highest BCUT2D eigenvalue weighted by molar-refractivity contribution is 9.10. The van der Waals surface area contributed by atoms with Crippen LogP contribution in [0, 0.1) is 5.82 Å². The summed E-state index contributed by atoms with van der Waals surface area (Å²) in [5.74, 6) is 0.644. The molecule has 0 saturated heterocycles. The van der Waals surface area contributed by atoms with Crippen LogP contribution in [-0.2, 0) is 6.61 Å². The Morgan fingerprint density at radius 2 is 2.00 bits per heavy atom. The maximum absolute atomic E-state index is 13.3. The lowest BCUT2D eigenvalue weighted by molar-refractivity contribution is 0.189. The average molecular weight is 355 g/mol. The molecule has 0 aliphatic heterocycles. The number of rotatable bonds is 5. The molecule has 0 amide bonds. The molecule has 0 bridgehead atoms. The van der Waals surface area contributed by atoms with E-state index in [1.165, 1.54) is 18.2 Å². The van der Waals surface area contributed by atoms with Crippen molar-refractivity contribution in [2.24, 2.45) is 0 Å². The van der Waals surface area contributed by atoms with Crippen molar-refractivity contribution in [2.45, 2.75) is 19.6 Å². The third kappa shape index (κ3) is 3.95. The molecular weight excluding hydrogens is 339 g/mol. The fourth-order valence-corrected chi connectivity index (χ4v) is 2.28. The molecule has 2 aromatic carbocycles. The third-order valence-corrected chi connectivity index (χ3v) is 3.84. The third-order valence-electron chi connectivity index (χ3n) is 3.06. The molecule has 1 N–H and O–H groups in total. The molecule has 5 heteroatoms. The minimum Gasteiger partial charge on any atom is -0.497 e. The Balaban J connectivity index is 2.22. The minimum absolute atomic E-state index is 0.237. The number of halogens is 2. The van der Waals surface area contributed by atoms with E-state index < -0.39 is 11.9 Å². The van der Waals surface area contributed by atoms with Crippen molar-refractivity contribution in [2.75, 3.05) is 7.11 Å². The van der Waals surface area contributed by atoms with Crippen LogP contribution in [0.1, 0.15) is 24.2 Å². The Kier molecular flexibility index (Phi) is 5.20. The second-order valence-electron chi connectivity index (χ2n) is 4.60. The SMILES string of the molecule is COc1ccc(Br)c(COc2cc(F)ccc2[C@@H](C)O)c1. The van der Waals surface area contributed by atoms with Crippen molar-refractivity contribution in [3.63, 3.8) is 0 Å². The normalized spacial score (nSPS) is 12.0. The molecule has 3 nitrogen and oxygen atoms in total.